The summed E-state index contributed by atoms with van der Waals surface area (Å²) in [5.41, 5.74) is 7.86. The van der Waals surface area contributed by atoms with E-state index in [-0.39, 0.29) is 29.2 Å². The number of nitrogens with one attached hydrogen (secondary N) is 1. The second kappa shape index (κ2) is 8.21. The molecule has 5 rings (SSSR count). The first-order valence-electron chi connectivity index (χ1n) is 11.5. The molecule has 1 amide bonds. The van der Waals surface area contributed by atoms with E-state index in [1.165, 1.54) is 7.11 Å². The summed E-state index contributed by atoms with van der Waals surface area (Å²) in [7, 11) is 1.23. The van der Waals surface area contributed by atoms with Gasteiger partial charge in [0.15, 0.2) is 5.78 Å². The molecule has 186 valence electrons. The van der Waals surface area contributed by atoms with Gasteiger partial charge in [-0.1, -0.05) is 47.4 Å². The zero-order valence-electron chi connectivity index (χ0n) is 20.3. The maximum atomic E-state index is 14.0. The molecular weight excluding hydrogens is 546 g/mol. The smallest absolute Gasteiger partial charge is 0.339 e. The molecule has 2 heterocycles. The molecule has 1 spiro atoms. The maximum Gasteiger partial charge on any atom is 0.339 e. The molecular formula is C27H25BrClN3O4. The largest absolute Gasteiger partial charge is 0.466 e. The summed E-state index contributed by atoms with van der Waals surface area (Å²) in [5.74, 6) is -1.49. The van der Waals surface area contributed by atoms with Crippen LogP contribution in [0.1, 0.15) is 37.8 Å². The van der Waals surface area contributed by atoms with E-state index in [0.29, 0.717) is 38.6 Å². The van der Waals surface area contributed by atoms with Crippen molar-refractivity contribution in [3.05, 3.63) is 79.7 Å². The standard InChI is InChI=1S/C27H25BrClN3O4/c1-13-5-7-15(29)10-18(13)32-19-11-26(2,3)12-20(33)21(19)27(22(23(32)30)24(34)36-4)16-9-14(28)6-8-17(16)31-25(27)35/h5-10H,11-12,30H2,1-4H3,(H,31,35). The van der Waals surface area contributed by atoms with Gasteiger partial charge < -0.3 is 15.8 Å². The number of amides is 1. The molecule has 1 unspecified atom stereocenters. The number of benzene rings is 2. The van der Waals surface area contributed by atoms with Crippen molar-refractivity contribution in [2.45, 2.75) is 39.0 Å². The number of esters is 1. The molecule has 0 aromatic heterocycles. The van der Waals surface area contributed by atoms with Crippen molar-refractivity contribution in [1.29, 1.82) is 0 Å². The fourth-order valence-electron chi connectivity index (χ4n) is 5.71. The Morgan fingerprint density at radius 3 is 2.58 bits per heavy atom. The number of Topliss-reactive ketones (excluding diaryl/α,β-unsaturated/α-hetero) is 1. The minimum absolute atomic E-state index is 0.0273. The van der Waals surface area contributed by atoms with Gasteiger partial charge in [-0.05, 0) is 54.7 Å². The highest BCUT2D eigenvalue weighted by molar-refractivity contribution is 9.10. The monoisotopic (exact) mass is 569 g/mol. The van der Waals surface area contributed by atoms with Crippen LogP contribution in [0.3, 0.4) is 0 Å². The Morgan fingerprint density at radius 1 is 1.17 bits per heavy atom. The molecule has 7 nitrogen and oxygen atoms in total. The van der Waals surface area contributed by atoms with Crippen molar-refractivity contribution in [1.82, 2.24) is 0 Å². The van der Waals surface area contributed by atoms with Crippen molar-refractivity contribution in [2.75, 3.05) is 17.3 Å². The van der Waals surface area contributed by atoms with E-state index in [1.807, 2.05) is 26.8 Å². The third-order valence-electron chi connectivity index (χ3n) is 7.15. The van der Waals surface area contributed by atoms with E-state index in [2.05, 4.69) is 21.2 Å². The van der Waals surface area contributed by atoms with Gasteiger partial charge in [0.1, 0.15) is 16.8 Å². The predicted molar refractivity (Wildman–Crippen MR) is 141 cm³/mol. The minimum atomic E-state index is -1.75. The Hall–Kier alpha value is -3.10. The molecule has 0 saturated carbocycles. The molecule has 0 radical (unpaired) electrons. The van der Waals surface area contributed by atoms with Gasteiger partial charge >= 0.3 is 5.97 Å². The van der Waals surface area contributed by atoms with E-state index < -0.39 is 22.7 Å². The molecule has 9 heteroatoms. The highest BCUT2D eigenvalue weighted by Crippen LogP contribution is 2.58. The SMILES string of the molecule is COC(=O)C1=C(N)N(c2cc(Cl)ccc2C)C2=C(C(=O)CC(C)(C)C2)C12C(=O)Nc1ccc(Br)cc12. The lowest BCUT2D eigenvalue weighted by molar-refractivity contribution is -0.138. The number of halogens is 2. The number of hydrogen-bond donors (Lipinski definition) is 2. The number of rotatable bonds is 2. The number of nitrogens with zero attached hydrogens (tertiary/aromatic N) is 1. The van der Waals surface area contributed by atoms with E-state index in [1.54, 1.807) is 35.2 Å². The zero-order valence-corrected chi connectivity index (χ0v) is 22.6. The Kier molecular flexibility index (Phi) is 5.61. The summed E-state index contributed by atoms with van der Waals surface area (Å²) in [6, 6.07) is 10.6. The molecule has 3 aliphatic rings. The van der Waals surface area contributed by atoms with Crippen molar-refractivity contribution in [2.24, 2.45) is 11.1 Å². The van der Waals surface area contributed by atoms with Crippen molar-refractivity contribution < 1.29 is 19.1 Å². The van der Waals surface area contributed by atoms with Crippen LogP contribution in [0.5, 0.6) is 0 Å². The third-order valence-corrected chi connectivity index (χ3v) is 7.87. The maximum absolute atomic E-state index is 14.0. The van der Waals surface area contributed by atoms with Crippen LogP contribution < -0.4 is 16.0 Å². The quantitative estimate of drug-likeness (QED) is 0.487. The summed E-state index contributed by atoms with van der Waals surface area (Å²) in [6.45, 7) is 5.89. The molecule has 2 aromatic carbocycles. The predicted octanol–water partition coefficient (Wildman–Crippen LogP) is 5.11. The van der Waals surface area contributed by atoms with Crippen molar-refractivity contribution in [3.8, 4) is 0 Å². The minimum Gasteiger partial charge on any atom is -0.466 e. The number of methoxy groups -OCH3 is 1. The van der Waals surface area contributed by atoms with Crippen LogP contribution in [-0.4, -0.2) is 24.8 Å². The number of hydrogen-bond acceptors (Lipinski definition) is 6. The molecule has 0 fully saturated rings. The fraction of sp³-hybridized carbons (Fsp3) is 0.296. The molecule has 0 saturated heterocycles. The Morgan fingerprint density at radius 2 is 1.89 bits per heavy atom. The number of carbonyl (C=O) groups is 3. The normalized spacial score (nSPS) is 22.6. The van der Waals surface area contributed by atoms with Gasteiger partial charge in [-0.2, -0.15) is 0 Å². The number of anilines is 2. The van der Waals surface area contributed by atoms with Gasteiger partial charge in [0, 0.05) is 38.4 Å². The molecule has 0 bridgehead atoms. The lowest BCUT2D eigenvalue weighted by Crippen LogP contribution is -2.54. The van der Waals surface area contributed by atoms with Crippen LogP contribution in [0.15, 0.2) is 63.5 Å². The molecule has 2 aromatic rings. The lowest BCUT2D eigenvalue weighted by Gasteiger charge is -2.47. The van der Waals surface area contributed by atoms with Crippen molar-refractivity contribution >= 4 is 56.6 Å². The van der Waals surface area contributed by atoms with E-state index in [9.17, 15) is 14.4 Å². The van der Waals surface area contributed by atoms with Crippen LogP contribution >= 0.6 is 27.5 Å². The zero-order chi connectivity index (χ0) is 26.2. The summed E-state index contributed by atoms with van der Waals surface area (Å²) < 4.78 is 5.87. The number of fused-ring (bicyclic) bond motifs is 3. The van der Waals surface area contributed by atoms with Crippen LogP contribution in [0.4, 0.5) is 11.4 Å². The Labute approximate surface area is 222 Å². The van der Waals surface area contributed by atoms with Crippen LogP contribution in [-0.2, 0) is 24.5 Å². The summed E-state index contributed by atoms with van der Waals surface area (Å²) in [4.78, 5) is 43.2. The number of allylic oxidation sites excluding steroid dienone is 1. The summed E-state index contributed by atoms with van der Waals surface area (Å²) in [6.07, 6.45) is 0.661. The van der Waals surface area contributed by atoms with E-state index in [0.717, 1.165) is 5.56 Å². The number of nitrogens with two attached hydrogens (primary N) is 1. The number of ether oxygens (including phenoxy) is 1. The second-order valence-electron chi connectivity index (χ2n) is 10.2. The third kappa shape index (κ3) is 3.34. The average Bonchev–Trinajstić information content (AvgIpc) is 3.06. The topological polar surface area (TPSA) is 102 Å². The van der Waals surface area contributed by atoms with Crippen molar-refractivity contribution in [3.63, 3.8) is 0 Å². The first-order valence-corrected chi connectivity index (χ1v) is 12.6. The Bertz CT molecular complexity index is 1440. The van der Waals surface area contributed by atoms with E-state index in [4.69, 9.17) is 22.1 Å². The molecule has 3 N–H and O–H groups in total. The van der Waals surface area contributed by atoms with Crippen LogP contribution in [0.25, 0.3) is 0 Å². The van der Waals surface area contributed by atoms with Gasteiger partial charge in [0.25, 0.3) is 0 Å². The van der Waals surface area contributed by atoms with Crippen LogP contribution in [0, 0.1) is 12.3 Å². The lowest BCUT2D eigenvalue weighted by atomic mass is 9.60. The summed E-state index contributed by atoms with van der Waals surface area (Å²) >= 11 is 9.85. The molecule has 36 heavy (non-hydrogen) atoms. The fourth-order valence-corrected chi connectivity index (χ4v) is 6.24. The molecule has 2 aliphatic heterocycles. The first-order chi connectivity index (χ1) is 16.9. The Balaban J connectivity index is 1.96. The first kappa shape index (κ1) is 24.6. The highest BCUT2D eigenvalue weighted by atomic mass is 79.9. The second-order valence-corrected chi connectivity index (χ2v) is 11.5. The number of aryl methyl sites for hydroxylation is 1. The van der Waals surface area contributed by atoms with Gasteiger partial charge in [-0.3, -0.25) is 14.5 Å². The average molecular weight is 571 g/mol. The molecule has 1 atom stereocenters. The van der Waals surface area contributed by atoms with Gasteiger partial charge in [-0.25, -0.2) is 4.79 Å². The highest BCUT2D eigenvalue weighted by Gasteiger charge is 2.63. The van der Waals surface area contributed by atoms with E-state index >= 15 is 0 Å². The number of ketones is 1. The number of carbonyl (C=O) groups excluding carboxylic acids is 3. The van der Waals surface area contributed by atoms with Gasteiger partial charge in [0.2, 0.25) is 5.91 Å². The summed E-state index contributed by atoms with van der Waals surface area (Å²) in [5, 5.41) is 3.35. The van der Waals surface area contributed by atoms with Crippen LogP contribution in [0.2, 0.25) is 5.02 Å². The van der Waals surface area contributed by atoms with Gasteiger partial charge in [-0.15, -0.1) is 0 Å². The molecule has 1 aliphatic carbocycles. The van der Waals surface area contributed by atoms with Gasteiger partial charge in [0.05, 0.1) is 12.8 Å².